The molecule has 4 heterocycles. The molecule has 0 saturated carbocycles. The summed E-state index contributed by atoms with van der Waals surface area (Å²) in [5.41, 5.74) is 6.91. The maximum atomic E-state index is 13.1. The highest BCUT2D eigenvalue weighted by molar-refractivity contribution is 6.03. The molecule has 0 aliphatic carbocycles. The number of hydrogen-bond acceptors (Lipinski definition) is 3. The molecule has 6 heteroatoms. The summed E-state index contributed by atoms with van der Waals surface area (Å²) < 4.78 is 0. The average molecular weight is 475 g/mol. The molecule has 1 aliphatic heterocycles. The summed E-state index contributed by atoms with van der Waals surface area (Å²) in [4.78, 5) is 38.1. The fraction of sp³-hybridized carbons (Fsp3) is 0.167. The number of aromatic amines is 2. The second-order valence-electron chi connectivity index (χ2n) is 9.37. The van der Waals surface area contributed by atoms with Crippen LogP contribution in [0.15, 0.2) is 85.7 Å². The Morgan fingerprint density at radius 2 is 1.89 bits per heavy atom. The number of rotatable bonds is 6. The van der Waals surface area contributed by atoms with Crippen LogP contribution in [-0.4, -0.2) is 44.6 Å². The van der Waals surface area contributed by atoms with E-state index in [0.29, 0.717) is 25.1 Å². The molecular formula is C30H26N4O2. The molecule has 6 nitrogen and oxygen atoms in total. The Balaban J connectivity index is 1.22. The third-order valence-corrected chi connectivity index (χ3v) is 7.15. The van der Waals surface area contributed by atoms with E-state index < -0.39 is 0 Å². The van der Waals surface area contributed by atoms with Crippen LogP contribution < -0.4 is 0 Å². The summed E-state index contributed by atoms with van der Waals surface area (Å²) in [6, 6.07) is 19.9. The minimum absolute atomic E-state index is 0.0211. The van der Waals surface area contributed by atoms with Crippen molar-refractivity contribution in [2.24, 2.45) is 0 Å². The highest BCUT2D eigenvalue weighted by Crippen LogP contribution is 2.36. The van der Waals surface area contributed by atoms with E-state index in [0.717, 1.165) is 45.4 Å². The summed E-state index contributed by atoms with van der Waals surface area (Å²) in [6.07, 6.45) is 6.43. The van der Waals surface area contributed by atoms with Gasteiger partial charge in [-0.25, -0.2) is 4.98 Å². The Bertz CT molecular complexity index is 1610. The van der Waals surface area contributed by atoms with E-state index in [9.17, 15) is 9.59 Å². The van der Waals surface area contributed by atoms with Gasteiger partial charge in [0, 0.05) is 70.9 Å². The zero-order valence-electron chi connectivity index (χ0n) is 19.8. The lowest BCUT2D eigenvalue weighted by molar-refractivity contribution is -0.114. The number of benzene rings is 2. The number of nitrogens with one attached hydrogen (secondary N) is 2. The van der Waals surface area contributed by atoms with Gasteiger partial charge in [-0.05, 0) is 54.0 Å². The van der Waals surface area contributed by atoms with Crippen LogP contribution in [0, 0.1) is 0 Å². The van der Waals surface area contributed by atoms with Crippen molar-refractivity contribution in [2.75, 3.05) is 13.1 Å². The van der Waals surface area contributed by atoms with Crippen molar-refractivity contribution in [3.63, 3.8) is 0 Å². The van der Waals surface area contributed by atoms with Gasteiger partial charge in [-0.3, -0.25) is 9.59 Å². The number of nitrogens with zero attached hydrogens (tertiary/aromatic N) is 2. The smallest absolute Gasteiger partial charge is 0.253 e. The van der Waals surface area contributed by atoms with Crippen LogP contribution in [0.2, 0.25) is 0 Å². The molecule has 3 aromatic heterocycles. The van der Waals surface area contributed by atoms with Crippen LogP contribution in [0.4, 0.5) is 0 Å². The molecule has 0 radical (unpaired) electrons. The Kier molecular flexibility index (Phi) is 5.49. The van der Waals surface area contributed by atoms with Crippen LogP contribution >= 0.6 is 0 Å². The number of ketones is 1. The van der Waals surface area contributed by atoms with Crippen molar-refractivity contribution < 1.29 is 9.59 Å². The molecule has 0 bridgehead atoms. The molecule has 1 unspecified atom stereocenters. The first-order valence-corrected chi connectivity index (χ1v) is 12.2. The normalized spacial score (nSPS) is 15.6. The molecule has 2 aromatic carbocycles. The van der Waals surface area contributed by atoms with E-state index in [4.69, 9.17) is 0 Å². The molecule has 1 saturated heterocycles. The van der Waals surface area contributed by atoms with Gasteiger partial charge in [-0.1, -0.05) is 36.9 Å². The number of pyridine rings is 1. The van der Waals surface area contributed by atoms with Gasteiger partial charge in [0.2, 0.25) is 0 Å². The highest BCUT2D eigenvalue weighted by Gasteiger charge is 2.29. The number of amides is 1. The minimum atomic E-state index is -0.0304. The molecule has 1 aliphatic rings. The van der Waals surface area contributed by atoms with Gasteiger partial charge in [-0.15, -0.1) is 0 Å². The lowest BCUT2D eigenvalue weighted by Crippen LogP contribution is -2.28. The molecule has 1 atom stereocenters. The molecular weight excluding hydrogens is 448 g/mol. The summed E-state index contributed by atoms with van der Waals surface area (Å²) in [5.74, 6) is 0.216. The van der Waals surface area contributed by atoms with E-state index in [1.54, 1.807) is 0 Å². The number of likely N-dealkylation sites (tertiary alicyclic amines) is 1. The van der Waals surface area contributed by atoms with E-state index >= 15 is 0 Å². The van der Waals surface area contributed by atoms with Gasteiger partial charge in [-0.2, -0.15) is 0 Å². The van der Waals surface area contributed by atoms with E-state index in [1.807, 2.05) is 41.4 Å². The van der Waals surface area contributed by atoms with Crippen molar-refractivity contribution in [2.45, 2.75) is 18.8 Å². The molecule has 1 amide bonds. The number of H-pyrrole nitrogens is 2. The van der Waals surface area contributed by atoms with Gasteiger partial charge >= 0.3 is 0 Å². The lowest BCUT2D eigenvalue weighted by Gasteiger charge is -2.16. The Labute approximate surface area is 208 Å². The van der Waals surface area contributed by atoms with Gasteiger partial charge in [0.05, 0.1) is 0 Å². The third-order valence-electron chi connectivity index (χ3n) is 7.15. The van der Waals surface area contributed by atoms with Gasteiger partial charge in [0.25, 0.3) is 5.91 Å². The summed E-state index contributed by atoms with van der Waals surface area (Å²) in [5, 5.41) is 2.27. The third kappa shape index (κ3) is 3.90. The van der Waals surface area contributed by atoms with Crippen molar-refractivity contribution in [3.8, 4) is 11.1 Å². The van der Waals surface area contributed by atoms with E-state index in [1.165, 1.54) is 11.5 Å². The Hall–Kier alpha value is -4.45. The van der Waals surface area contributed by atoms with Crippen LogP contribution in [0.3, 0.4) is 0 Å². The van der Waals surface area contributed by atoms with Crippen LogP contribution in [0.25, 0.3) is 33.1 Å². The largest absolute Gasteiger partial charge is 0.361 e. The molecule has 6 rings (SSSR count). The highest BCUT2D eigenvalue weighted by atomic mass is 16.2. The quantitative estimate of drug-likeness (QED) is 0.313. The monoisotopic (exact) mass is 474 g/mol. The predicted molar refractivity (Wildman–Crippen MR) is 142 cm³/mol. The van der Waals surface area contributed by atoms with Gasteiger partial charge in [0.1, 0.15) is 5.65 Å². The number of para-hydroxylation sites is 1. The van der Waals surface area contributed by atoms with Crippen LogP contribution in [0.5, 0.6) is 0 Å². The Morgan fingerprint density at radius 1 is 1.06 bits per heavy atom. The fourth-order valence-corrected chi connectivity index (χ4v) is 5.22. The zero-order chi connectivity index (χ0) is 24.6. The number of aromatic nitrogens is 3. The van der Waals surface area contributed by atoms with Crippen molar-refractivity contribution in [1.29, 1.82) is 0 Å². The molecule has 5 aromatic rings. The molecule has 2 N–H and O–H groups in total. The molecule has 1 fully saturated rings. The Morgan fingerprint density at radius 3 is 2.72 bits per heavy atom. The van der Waals surface area contributed by atoms with Crippen molar-refractivity contribution in [3.05, 3.63) is 103 Å². The summed E-state index contributed by atoms with van der Waals surface area (Å²) in [7, 11) is 0. The summed E-state index contributed by atoms with van der Waals surface area (Å²) >= 11 is 0. The maximum absolute atomic E-state index is 13.1. The second kappa shape index (κ2) is 8.96. The van der Waals surface area contributed by atoms with E-state index in [-0.39, 0.29) is 17.6 Å². The first kappa shape index (κ1) is 22.0. The van der Waals surface area contributed by atoms with Gasteiger partial charge < -0.3 is 14.9 Å². The number of fused-ring (bicyclic) bond motifs is 2. The minimum Gasteiger partial charge on any atom is -0.361 e. The van der Waals surface area contributed by atoms with Crippen LogP contribution in [-0.2, 0) is 11.2 Å². The first-order chi connectivity index (χ1) is 17.6. The van der Waals surface area contributed by atoms with Crippen molar-refractivity contribution >= 4 is 33.6 Å². The predicted octanol–water partition coefficient (Wildman–Crippen LogP) is 5.64. The lowest BCUT2D eigenvalue weighted by atomic mass is 10.0. The first-order valence-electron chi connectivity index (χ1n) is 12.2. The average Bonchev–Trinajstić information content (AvgIpc) is 3.66. The van der Waals surface area contributed by atoms with E-state index in [2.05, 4.69) is 58.1 Å². The van der Waals surface area contributed by atoms with Crippen LogP contribution in [0.1, 0.15) is 34.0 Å². The number of carbonyl (C=O) groups excluding carboxylic acids is 2. The summed E-state index contributed by atoms with van der Waals surface area (Å²) in [6.45, 7) is 4.88. The SMILES string of the molecule is C=CC(=O)Cc1ccc(C(=O)N2CCC(c3cc4c(-c5c[nH]c6ccccc56)ccnc4[nH]3)C2)cc1. The number of hydrogen-bond donors (Lipinski definition) is 2. The van der Waals surface area contributed by atoms with Gasteiger partial charge in [0.15, 0.2) is 5.78 Å². The van der Waals surface area contributed by atoms with Crippen molar-refractivity contribution in [1.82, 2.24) is 19.9 Å². The zero-order valence-corrected chi connectivity index (χ0v) is 19.8. The fourth-order valence-electron chi connectivity index (χ4n) is 5.22. The number of carbonyl (C=O) groups is 2. The maximum Gasteiger partial charge on any atom is 0.253 e. The second-order valence-corrected chi connectivity index (χ2v) is 9.37. The topological polar surface area (TPSA) is 81.8 Å². The number of allylic oxidation sites excluding steroid dienone is 1. The standard InChI is InChI=1S/C30H26N4O2/c1-2-22(35)15-19-7-9-20(10-8-19)30(36)34-14-12-21(18-34)28-16-25-23(11-13-31-29(25)33-28)26-17-32-27-6-4-3-5-24(26)27/h2-11,13,16-17,21,32H,1,12,14-15,18H2,(H,31,33). The molecule has 36 heavy (non-hydrogen) atoms. The molecule has 0 spiro atoms. The molecule has 178 valence electrons.